The Balaban J connectivity index is 1.59. The van der Waals surface area contributed by atoms with Crippen molar-refractivity contribution in [2.24, 2.45) is 0 Å². The van der Waals surface area contributed by atoms with Crippen LogP contribution in [0.3, 0.4) is 0 Å². The lowest BCUT2D eigenvalue weighted by atomic mass is 10.0. The molecule has 0 radical (unpaired) electrons. The molecule has 4 rings (SSSR count). The topological polar surface area (TPSA) is 53.8 Å². The van der Waals surface area contributed by atoms with Crippen molar-refractivity contribution >= 4 is 11.9 Å². The predicted molar refractivity (Wildman–Crippen MR) is 126 cm³/mol. The van der Waals surface area contributed by atoms with Crippen molar-refractivity contribution in [3.8, 4) is 22.6 Å². The van der Waals surface area contributed by atoms with Gasteiger partial charge in [0.1, 0.15) is 12.3 Å². The first-order chi connectivity index (χ1) is 15.6. The SMILES string of the molecule is CCC[NH+](CCC)Cc1c([O-])ccc2c1O/C(=C\c1ccc(-c3ccccc3)cc1)C2=O. The molecule has 1 aliphatic rings. The highest BCUT2D eigenvalue weighted by molar-refractivity contribution is 6.15. The molecule has 0 fully saturated rings. The first-order valence-corrected chi connectivity index (χ1v) is 11.4. The zero-order valence-corrected chi connectivity index (χ0v) is 18.7. The number of rotatable bonds is 8. The molecule has 0 unspecified atom stereocenters. The Morgan fingerprint density at radius 3 is 2.19 bits per heavy atom. The van der Waals surface area contributed by atoms with Crippen LogP contribution in [0.1, 0.15) is 48.2 Å². The summed E-state index contributed by atoms with van der Waals surface area (Å²) in [4.78, 5) is 14.3. The molecule has 4 heteroatoms. The zero-order valence-electron chi connectivity index (χ0n) is 18.7. The van der Waals surface area contributed by atoms with E-state index in [2.05, 4.69) is 26.0 Å². The summed E-state index contributed by atoms with van der Waals surface area (Å²) < 4.78 is 6.01. The first kappa shape index (κ1) is 21.8. The van der Waals surface area contributed by atoms with E-state index in [-0.39, 0.29) is 17.3 Å². The second kappa shape index (κ2) is 9.84. The Hall–Kier alpha value is -3.37. The van der Waals surface area contributed by atoms with Gasteiger partial charge in [-0.2, -0.15) is 0 Å². The third-order valence-corrected chi connectivity index (χ3v) is 5.85. The molecule has 3 aromatic rings. The average molecular weight is 428 g/mol. The highest BCUT2D eigenvalue weighted by Gasteiger charge is 2.31. The fourth-order valence-electron chi connectivity index (χ4n) is 4.27. The monoisotopic (exact) mass is 427 g/mol. The standard InChI is InChI=1S/C28H29NO3/c1-3-16-29(17-4-2)19-24-25(30)15-14-23-27(31)26(32-28(23)24)18-20-10-12-22(13-11-20)21-8-6-5-7-9-21/h5-15,18,30H,3-4,16-17,19H2,1-2H3/b26-18-. The molecule has 0 aliphatic carbocycles. The summed E-state index contributed by atoms with van der Waals surface area (Å²) in [6.45, 7) is 6.85. The van der Waals surface area contributed by atoms with Crippen molar-refractivity contribution in [3.05, 3.63) is 89.2 Å². The van der Waals surface area contributed by atoms with E-state index < -0.39 is 0 Å². The highest BCUT2D eigenvalue weighted by atomic mass is 16.5. The number of carbonyl (C=O) groups excluding carboxylic acids is 1. The van der Waals surface area contributed by atoms with E-state index in [0.717, 1.165) is 42.6 Å². The van der Waals surface area contributed by atoms with Crippen LogP contribution in [0.5, 0.6) is 11.5 Å². The van der Waals surface area contributed by atoms with Crippen molar-refractivity contribution in [3.63, 3.8) is 0 Å². The lowest BCUT2D eigenvalue weighted by Gasteiger charge is -2.23. The number of ketones is 1. The molecule has 4 nitrogen and oxygen atoms in total. The summed E-state index contributed by atoms with van der Waals surface area (Å²) in [7, 11) is 0. The fourth-order valence-corrected chi connectivity index (χ4v) is 4.27. The van der Waals surface area contributed by atoms with Gasteiger partial charge < -0.3 is 14.7 Å². The lowest BCUT2D eigenvalue weighted by Crippen LogP contribution is -3.10. The molecule has 164 valence electrons. The van der Waals surface area contributed by atoms with Gasteiger partial charge in [0.2, 0.25) is 5.78 Å². The van der Waals surface area contributed by atoms with Crippen LogP contribution in [0.4, 0.5) is 0 Å². The van der Waals surface area contributed by atoms with Gasteiger partial charge in [-0.15, -0.1) is 0 Å². The second-order valence-electron chi connectivity index (χ2n) is 8.27. The van der Waals surface area contributed by atoms with Crippen LogP contribution in [0.15, 0.2) is 72.5 Å². The zero-order chi connectivity index (χ0) is 22.5. The number of benzene rings is 3. The smallest absolute Gasteiger partial charge is 0.231 e. The largest absolute Gasteiger partial charge is 0.872 e. The third-order valence-electron chi connectivity index (χ3n) is 5.85. The minimum absolute atomic E-state index is 0.0604. The second-order valence-corrected chi connectivity index (χ2v) is 8.27. The number of hydrogen-bond donors (Lipinski definition) is 1. The molecule has 3 aromatic carbocycles. The number of carbonyl (C=O) groups is 1. The Morgan fingerprint density at radius 2 is 1.53 bits per heavy atom. The number of hydrogen-bond acceptors (Lipinski definition) is 3. The highest BCUT2D eigenvalue weighted by Crippen LogP contribution is 2.38. The van der Waals surface area contributed by atoms with Crippen molar-refractivity contribution in [2.45, 2.75) is 33.2 Å². The van der Waals surface area contributed by atoms with Crippen molar-refractivity contribution in [1.82, 2.24) is 0 Å². The van der Waals surface area contributed by atoms with Gasteiger partial charge in [-0.1, -0.05) is 80.3 Å². The summed E-state index contributed by atoms with van der Waals surface area (Å²) >= 11 is 0. The number of allylic oxidation sites excluding steroid dienone is 1. The first-order valence-electron chi connectivity index (χ1n) is 11.4. The lowest BCUT2D eigenvalue weighted by molar-refractivity contribution is -0.914. The fraction of sp³-hybridized carbons (Fsp3) is 0.250. The molecular weight excluding hydrogens is 398 g/mol. The molecule has 1 aliphatic heterocycles. The van der Waals surface area contributed by atoms with E-state index in [1.807, 2.05) is 42.5 Å². The molecule has 0 amide bonds. The van der Waals surface area contributed by atoms with E-state index in [9.17, 15) is 9.90 Å². The molecule has 0 saturated heterocycles. The molecule has 0 aromatic heterocycles. The summed E-state index contributed by atoms with van der Waals surface area (Å²) in [5.41, 5.74) is 4.23. The molecule has 0 atom stereocenters. The predicted octanol–water partition coefficient (Wildman–Crippen LogP) is 4.25. The van der Waals surface area contributed by atoms with E-state index in [4.69, 9.17) is 4.74 Å². The summed E-state index contributed by atoms with van der Waals surface area (Å²) in [6, 6.07) is 21.3. The van der Waals surface area contributed by atoms with Crippen molar-refractivity contribution in [2.75, 3.05) is 13.1 Å². The Labute approximate surface area is 189 Å². The quantitative estimate of drug-likeness (QED) is 0.547. The molecule has 1 N–H and O–H groups in total. The number of quaternary nitrogens is 1. The van der Waals surface area contributed by atoms with Gasteiger partial charge in [-0.05, 0) is 41.7 Å². The Bertz CT molecular complexity index is 1110. The average Bonchev–Trinajstić information content (AvgIpc) is 3.12. The number of fused-ring (bicyclic) bond motifs is 1. The van der Waals surface area contributed by atoms with Gasteiger partial charge in [-0.25, -0.2) is 0 Å². The maximum Gasteiger partial charge on any atom is 0.231 e. The summed E-state index contributed by atoms with van der Waals surface area (Å²) in [5.74, 6) is 0.488. The molecule has 0 spiro atoms. The van der Waals surface area contributed by atoms with Crippen LogP contribution < -0.4 is 14.7 Å². The summed E-state index contributed by atoms with van der Waals surface area (Å²) in [6.07, 6.45) is 3.85. The Kier molecular flexibility index (Phi) is 6.72. The normalized spacial score (nSPS) is 14.1. The minimum Gasteiger partial charge on any atom is -0.872 e. The van der Waals surface area contributed by atoms with Gasteiger partial charge in [-0.3, -0.25) is 4.79 Å². The number of ether oxygens (including phenoxy) is 1. The maximum atomic E-state index is 13.0. The Morgan fingerprint density at radius 1 is 0.875 bits per heavy atom. The van der Waals surface area contributed by atoms with Crippen molar-refractivity contribution < 1.29 is 19.5 Å². The summed E-state index contributed by atoms with van der Waals surface area (Å²) in [5, 5.41) is 12.6. The van der Waals surface area contributed by atoms with Crippen LogP contribution in [-0.2, 0) is 6.54 Å². The molecule has 0 bridgehead atoms. The third kappa shape index (κ3) is 4.61. The van der Waals surface area contributed by atoms with Crippen LogP contribution >= 0.6 is 0 Å². The molecular formula is C28H29NO3. The molecule has 0 saturated carbocycles. The van der Waals surface area contributed by atoms with Crippen molar-refractivity contribution in [1.29, 1.82) is 0 Å². The van der Waals surface area contributed by atoms with E-state index in [1.54, 1.807) is 12.1 Å². The van der Waals surface area contributed by atoms with Crippen LogP contribution in [0, 0.1) is 0 Å². The molecule has 1 heterocycles. The minimum atomic E-state index is -0.166. The van der Waals surface area contributed by atoms with E-state index in [0.29, 0.717) is 23.4 Å². The van der Waals surface area contributed by atoms with Gasteiger partial charge in [0.15, 0.2) is 5.76 Å². The van der Waals surface area contributed by atoms with Gasteiger partial charge in [0, 0.05) is 5.56 Å². The van der Waals surface area contributed by atoms with E-state index in [1.165, 1.54) is 11.0 Å². The maximum absolute atomic E-state index is 13.0. The molecule has 32 heavy (non-hydrogen) atoms. The van der Waals surface area contributed by atoms with Crippen LogP contribution in [0.25, 0.3) is 17.2 Å². The van der Waals surface area contributed by atoms with Crippen LogP contribution in [-0.4, -0.2) is 18.9 Å². The number of nitrogens with one attached hydrogen (secondary N) is 1. The van der Waals surface area contributed by atoms with Crippen LogP contribution in [0.2, 0.25) is 0 Å². The van der Waals surface area contributed by atoms with Gasteiger partial charge in [0.05, 0.1) is 18.7 Å². The van der Waals surface area contributed by atoms with E-state index >= 15 is 0 Å². The number of Topliss-reactive ketones (excluding diaryl/α,β-unsaturated/α-hetero) is 1. The van der Waals surface area contributed by atoms with Gasteiger partial charge >= 0.3 is 0 Å². The van der Waals surface area contributed by atoms with Gasteiger partial charge in [0.25, 0.3) is 0 Å².